The van der Waals surface area contributed by atoms with Gasteiger partial charge in [0.25, 0.3) is 0 Å². The summed E-state index contributed by atoms with van der Waals surface area (Å²) in [5, 5.41) is 1.02. The molecule has 0 amide bonds. The molecule has 0 atom stereocenters. The number of aromatic nitrogens is 1. The first-order valence-electron chi connectivity index (χ1n) is 6.18. The van der Waals surface area contributed by atoms with Crippen molar-refractivity contribution in [3.8, 4) is 11.1 Å². The van der Waals surface area contributed by atoms with E-state index in [2.05, 4.69) is 4.98 Å². The van der Waals surface area contributed by atoms with Gasteiger partial charge in [0.15, 0.2) is 0 Å². The van der Waals surface area contributed by atoms with Gasteiger partial charge >= 0.3 is 6.18 Å². The van der Waals surface area contributed by atoms with E-state index in [1.165, 1.54) is 6.07 Å². The second kappa shape index (κ2) is 5.04. The molecule has 0 unspecified atom stereocenters. The molecule has 0 radical (unpaired) electrons. The molecule has 0 aliphatic heterocycles. The van der Waals surface area contributed by atoms with Crippen LogP contribution in [-0.2, 0) is 6.18 Å². The number of halogens is 4. The number of para-hydroxylation sites is 1. The van der Waals surface area contributed by atoms with E-state index in [1.807, 2.05) is 18.2 Å². The largest absolute Gasteiger partial charge is 0.416 e. The highest BCUT2D eigenvalue weighted by Crippen LogP contribution is 2.35. The molecule has 0 saturated heterocycles. The standard InChI is InChI=1S/C16H9ClF3N/c17-15-13(9-11-4-1-2-7-14(11)21-15)10-5-3-6-12(8-10)16(18,19)20/h1-9H. The molecule has 0 aliphatic carbocycles. The molecule has 0 spiro atoms. The predicted molar refractivity (Wildman–Crippen MR) is 77.2 cm³/mol. The number of nitrogens with zero attached hydrogens (tertiary/aromatic N) is 1. The van der Waals surface area contributed by atoms with E-state index in [9.17, 15) is 13.2 Å². The summed E-state index contributed by atoms with van der Waals surface area (Å²) in [4.78, 5) is 4.23. The number of hydrogen-bond donors (Lipinski definition) is 0. The highest BCUT2D eigenvalue weighted by atomic mass is 35.5. The lowest BCUT2D eigenvalue weighted by Crippen LogP contribution is -2.04. The summed E-state index contributed by atoms with van der Waals surface area (Å²) in [6.07, 6.45) is -4.38. The van der Waals surface area contributed by atoms with Gasteiger partial charge in [-0.3, -0.25) is 0 Å². The van der Waals surface area contributed by atoms with Gasteiger partial charge in [0.05, 0.1) is 11.1 Å². The maximum absolute atomic E-state index is 12.8. The Hall–Kier alpha value is -2.07. The molecule has 1 aromatic heterocycles. The third-order valence-corrected chi connectivity index (χ3v) is 3.47. The minimum absolute atomic E-state index is 0.188. The van der Waals surface area contributed by atoms with Crippen LogP contribution in [0.4, 0.5) is 13.2 Å². The smallest absolute Gasteiger partial charge is 0.235 e. The summed E-state index contributed by atoms with van der Waals surface area (Å²) in [7, 11) is 0. The molecule has 21 heavy (non-hydrogen) atoms. The lowest BCUT2D eigenvalue weighted by molar-refractivity contribution is -0.137. The van der Waals surface area contributed by atoms with Gasteiger partial charge in [0.1, 0.15) is 5.15 Å². The van der Waals surface area contributed by atoms with Gasteiger partial charge < -0.3 is 0 Å². The van der Waals surface area contributed by atoms with Gasteiger partial charge in [0, 0.05) is 10.9 Å². The van der Waals surface area contributed by atoms with Crippen LogP contribution in [0.3, 0.4) is 0 Å². The van der Waals surface area contributed by atoms with Gasteiger partial charge in [-0.15, -0.1) is 0 Å². The van der Waals surface area contributed by atoms with Crippen molar-refractivity contribution in [1.29, 1.82) is 0 Å². The highest BCUT2D eigenvalue weighted by molar-refractivity contribution is 6.32. The van der Waals surface area contributed by atoms with Crippen LogP contribution in [0.15, 0.2) is 54.6 Å². The van der Waals surface area contributed by atoms with E-state index in [1.54, 1.807) is 18.2 Å². The van der Waals surface area contributed by atoms with Crippen molar-refractivity contribution in [2.45, 2.75) is 6.18 Å². The average molecular weight is 308 g/mol. The minimum Gasteiger partial charge on any atom is -0.235 e. The number of pyridine rings is 1. The van der Waals surface area contributed by atoms with Crippen molar-refractivity contribution < 1.29 is 13.2 Å². The molecule has 1 heterocycles. The topological polar surface area (TPSA) is 12.9 Å². The minimum atomic E-state index is -4.38. The lowest BCUT2D eigenvalue weighted by Gasteiger charge is -2.10. The second-order valence-electron chi connectivity index (χ2n) is 4.60. The predicted octanol–water partition coefficient (Wildman–Crippen LogP) is 5.57. The Balaban J connectivity index is 2.18. The van der Waals surface area contributed by atoms with E-state index >= 15 is 0 Å². The summed E-state index contributed by atoms with van der Waals surface area (Å²) >= 11 is 6.11. The van der Waals surface area contributed by atoms with Gasteiger partial charge in [-0.1, -0.05) is 41.9 Å². The fraction of sp³-hybridized carbons (Fsp3) is 0.0625. The molecule has 0 fully saturated rings. The van der Waals surface area contributed by atoms with Gasteiger partial charge in [-0.25, -0.2) is 4.98 Å². The normalized spacial score (nSPS) is 11.8. The Morgan fingerprint density at radius 2 is 1.67 bits per heavy atom. The third kappa shape index (κ3) is 2.72. The van der Waals surface area contributed by atoms with E-state index < -0.39 is 11.7 Å². The van der Waals surface area contributed by atoms with E-state index in [4.69, 9.17) is 11.6 Å². The molecule has 106 valence electrons. The molecular weight excluding hydrogens is 299 g/mol. The first-order chi connectivity index (χ1) is 9.95. The van der Waals surface area contributed by atoms with Gasteiger partial charge in [-0.05, 0) is 29.8 Å². The molecule has 3 aromatic rings. The highest BCUT2D eigenvalue weighted by Gasteiger charge is 2.30. The number of hydrogen-bond acceptors (Lipinski definition) is 1. The Morgan fingerprint density at radius 1 is 0.905 bits per heavy atom. The first-order valence-corrected chi connectivity index (χ1v) is 6.56. The monoisotopic (exact) mass is 307 g/mol. The Kier molecular flexibility index (Phi) is 3.33. The zero-order chi connectivity index (χ0) is 15.0. The van der Waals surface area contributed by atoms with Crippen molar-refractivity contribution in [1.82, 2.24) is 4.98 Å². The second-order valence-corrected chi connectivity index (χ2v) is 4.96. The van der Waals surface area contributed by atoms with Crippen LogP contribution < -0.4 is 0 Å². The first kappa shape index (κ1) is 13.9. The van der Waals surface area contributed by atoms with Crippen LogP contribution in [0.5, 0.6) is 0 Å². The van der Waals surface area contributed by atoms with Crippen molar-refractivity contribution in [2.24, 2.45) is 0 Å². The molecule has 5 heteroatoms. The average Bonchev–Trinajstić information content (AvgIpc) is 2.46. The summed E-state index contributed by atoms with van der Waals surface area (Å²) < 4.78 is 38.4. The van der Waals surface area contributed by atoms with Crippen molar-refractivity contribution in [2.75, 3.05) is 0 Å². The number of alkyl halides is 3. The van der Waals surface area contributed by atoms with Crippen LogP contribution in [0.25, 0.3) is 22.0 Å². The summed E-state index contributed by atoms with van der Waals surface area (Å²) in [5.41, 5.74) is 0.886. The van der Waals surface area contributed by atoms with Crippen molar-refractivity contribution >= 4 is 22.5 Å². The zero-order valence-corrected chi connectivity index (χ0v) is 11.4. The summed E-state index contributed by atoms with van der Waals surface area (Å²) in [6.45, 7) is 0. The van der Waals surface area contributed by atoms with Crippen molar-refractivity contribution in [3.63, 3.8) is 0 Å². The molecular formula is C16H9ClF3N. The van der Waals surface area contributed by atoms with Crippen LogP contribution in [0.2, 0.25) is 5.15 Å². The summed E-state index contributed by atoms with van der Waals surface area (Å²) in [6, 6.07) is 14.1. The third-order valence-electron chi connectivity index (χ3n) is 3.18. The molecule has 2 aromatic carbocycles. The Bertz CT molecular complexity index is 812. The quantitative estimate of drug-likeness (QED) is 0.535. The van der Waals surface area contributed by atoms with Crippen LogP contribution in [-0.4, -0.2) is 4.98 Å². The Labute approximate surface area is 124 Å². The number of fused-ring (bicyclic) bond motifs is 1. The Morgan fingerprint density at radius 3 is 2.43 bits per heavy atom. The summed E-state index contributed by atoms with van der Waals surface area (Å²) in [5.74, 6) is 0. The van der Waals surface area contributed by atoms with Gasteiger partial charge in [-0.2, -0.15) is 13.2 Å². The van der Waals surface area contributed by atoms with Crippen LogP contribution in [0.1, 0.15) is 5.56 Å². The SMILES string of the molecule is FC(F)(F)c1cccc(-c2cc3ccccc3nc2Cl)c1. The maximum Gasteiger partial charge on any atom is 0.416 e. The van der Waals surface area contributed by atoms with E-state index in [-0.39, 0.29) is 5.15 Å². The van der Waals surface area contributed by atoms with E-state index in [0.717, 1.165) is 17.5 Å². The number of rotatable bonds is 1. The fourth-order valence-corrected chi connectivity index (χ4v) is 2.41. The molecule has 0 bridgehead atoms. The van der Waals surface area contributed by atoms with E-state index in [0.29, 0.717) is 16.6 Å². The molecule has 0 saturated carbocycles. The maximum atomic E-state index is 12.8. The number of benzene rings is 2. The van der Waals surface area contributed by atoms with Crippen LogP contribution in [0, 0.1) is 0 Å². The molecule has 1 nitrogen and oxygen atoms in total. The molecule has 0 aliphatic rings. The van der Waals surface area contributed by atoms with Crippen molar-refractivity contribution in [3.05, 3.63) is 65.3 Å². The van der Waals surface area contributed by atoms with Crippen LogP contribution >= 0.6 is 11.6 Å². The lowest BCUT2D eigenvalue weighted by atomic mass is 10.0. The molecule has 0 N–H and O–H groups in total. The zero-order valence-electron chi connectivity index (χ0n) is 10.7. The fourth-order valence-electron chi connectivity index (χ4n) is 2.16. The molecule has 3 rings (SSSR count). The van der Waals surface area contributed by atoms with Gasteiger partial charge in [0.2, 0.25) is 0 Å².